The Balaban J connectivity index is 1.61. The topological polar surface area (TPSA) is 21.1 Å². The van der Waals surface area contributed by atoms with Crippen LogP contribution in [-0.4, -0.2) is 39.8 Å². The van der Waals surface area contributed by atoms with E-state index < -0.39 is 0 Å². The summed E-state index contributed by atoms with van der Waals surface area (Å²) in [4.78, 5) is 7.50. The molecule has 2 aliphatic rings. The summed E-state index contributed by atoms with van der Waals surface area (Å²) in [5, 5.41) is 1.28. The fourth-order valence-electron chi connectivity index (χ4n) is 3.92. The molecule has 4 heteroatoms. The number of nitrogens with zero attached hydrogens (tertiary/aromatic N) is 3. The molecule has 0 bridgehead atoms. The van der Waals surface area contributed by atoms with Gasteiger partial charge in [0.05, 0.1) is 5.69 Å². The number of imidazole rings is 1. The van der Waals surface area contributed by atoms with Gasteiger partial charge < -0.3 is 9.47 Å². The van der Waals surface area contributed by atoms with Gasteiger partial charge in [-0.05, 0) is 52.6 Å². The number of piperidine rings is 1. The van der Waals surface area contributed by atoms with Crippen LogP contribution in [0.4, 0.5) is 0 Å². The van der Waals surface area contributed by atoms with Crippen molar-refractivity contribution >= 4 is 11.8 Å². The molecule has 1 saturated carbocycles. The second-order valence-electron chi connectivity index (χ2n) is 6.98. The number of rotatable bonds is 5. The molecule has 0 N–H and O–H groups in total. The van der Waals surface area contributed by atoms with Gasteiger partial charge in [0.15, 0.2) is 5.16 Å². The molecule has 1 aliphatic carbocycles. The molecule has 1 saturated heterocycles. The molecule has 3 nitrogen and oxygen atoms in total. The van der Waals surface area contributed by atoms with E-state index in [0.717, 1.165) is 0 Å². The van der Waals surface area contributed by atoms with Crippen LogP contribution in [0.2, 0.25) is 0 Å². The SMILES string of the molecule is Cc1nc(SCCN2CCCCC2)n(C2CCCCC2)c1C. The highest BCUT2D eigenvalue weighted by molar-refractivity contribution is 7.99. The molecule has 1 aromatic rings. The highest BCUT2D eigenvalue weighted by Gasteiger charge is 2.22. The van der Waals surface area contributed by atoms with Crippen LogP contribution in [0.1, 0.15) is 68.8 Å². The van der Waals surface area contributed by atoms with Crippen LogP contribution in [-0.2, 0) is 0 Å². The third-order valence-corrected chi connectivity index (χ3v) is 6.31. The summed E-state index contributed by atoms with van der Waals surface area (Å²) < 4.78 is 2.56. The highest BCUT2D eigenvalue weighted by Crippen LogP contribution is 2.34. The number of aromatic nitrogens is 2. The second kappa shape index (κ2) is 7.87. The molecule has 2 heterocycles. The van der Waals surface area contributed by atoms with E-state index in [1.807, 2.05) is 11.8 Å². The summed E-state index contributed by atoms with van der Waals surface area (Å²) in [6.07, 6.45) is 11.1. The molecule has 22 heavy (non-hydrogen) atoms. The van der Waals surface area contributed by atoms with Crippen LogP contribution in [0.5, 0.6) is 0 Å². The minimum atomic E-state index is 0.701. The third kappa shape index (κ3) is 3.88. The normalized spacial score (nSPS) is 21.4. The molecular formula is C18H31N3S. The van der Waals surface area contributed by atoms with Gasteiger partial charge in [0.25, 0.3) is 0 Å². The zero-order valence-corrected chi connectivity index (χ0v) is 15.1. The predicted molar refractivity (Wildman–Crippen MR) is 94.8 cm³/mol. The first-order valence-corrected chi connectivity index (χ1v) is 10.1. The Hall–Kier alpha value is -0.480. The van der Waals surface area contributed by atoms with Crippen molar-refractivity contribution in [3.05, 3.63) is 11.4 Å². The first-order chi connectivity index (χ1) is 10.8. The van der Waals surface area contributed by atoms with E-state index in [9.17, 15) is 0 Å². The smallest absolute Gasteiger partial charge is 0.168 e. The maximum Gasteiger partial charge on any atom is 0.168 e. The number of thioether (sulfide) groups is 1. The summed E-state index contributed by atoms with van der Waals surface area (Å²) in [5.41, 5.74) is 2.62. The first kappa shape index (κ1) is 16.4. The first-order valence-electron chi connectivity index (χ1n) is 9.16. The summed E-state index contributed by atoms with van der Waals surface area (Å²) in [7, 11) is 0. The van der Waals surface area contributed by atoms with Crippen LogP contribution in [0.25, 0.3) is 0 Å². The van der Waals surface area contributed by atoms with Crippen molar-refractivity contribution < 1.29 is 0 Å². The van der Waals surface area contributed by atoms with E-state index in [-0.39, 0.29) is 0 Å². The Kier molecular flexibility index (Phi) is 5.86. The van der Waals surface area contributed by atoms with Gasteiger partial charge in [-0.1, -0.05) is 37.4 Å². The van der Waals surface area contributed by atoms with Crippen molar-refractivity contribution in [1.29, 1.82) is 0 Å². The van der Waals surface area contributed by atoms with E-state index in [1.165, 1.54) is 93.3 Å². The van der Waals surface area contributed by atoms with E-state index in [1.54, 1.807) is 0 Å². The van der Waals surface area contributed by atoms with Crippen LogP contribution < -0.4 is 0 Å². The molecule has 124 valence electrons. The zero-order valence-electron chi connectivity index (χ0n) is 14.3. The van der Waals surface area contributed by atoms with Crippen molar-refractivity contribution in [3.63, 3.8) is 0 Å². The molecular weight excluding hydrogens is 290 g/mol. The molecule has 2 fully saturated rings. The van der Waals surface area contributed by atoms with Crippen molar-refractivity contribution in [1.82, 2.24) is 14.5 Å². The second-order valence-corrected chi connectivity index (χ2v) is 8.04. The van der Waals surface area contributed by atoms with Gasteiger partial charge in [-0.2, -0.15) is 0 Å². The number of hydrogen-bond donors (Lipinski definition) is 0. The molecule has 3 rings (SSSR count). The Bertz CT molecular complexity index is 471. The summed E-state index contributed by atoms with van der Waals surface area (Å²) in [6, 6.07) is 0.701. The largest absolute Gasteiger partial charge is 0.320 e. The summed E-state index contributed by atoms with van der Waals surface area (Å²) in [6.45, 7) is 8.25. The minimum absolute atomic E-state index is 0.701. The Morgan fingerprint density at radius 1 is 1.00 bits per heavy atom. The zero-order chi connectivity index (χ0) is 15.4. The maximum absolute atomic E-state index is 4.88. The van der Waals surface area contributed by atoms with E-state index in [2.05, 4.69) is 23.3 Å². The lowest BCUT2D eigenvalue weighted by Crippen LogP contribution is -2.31. The van der Waals surface area contributed by atoms with Gasteiger partial charge in [0.1, 0.15) is 0 Å². The van der Waals surface area contributed by atoms with E-state index >= 15 is 0 Å². The van der Waals surface area contributed by atoms with Gasteiger partial charge in [-0.3, -0.25) is 0 Å². The van der Waals surface area contributed by atoms with E-state index in [4.69, 9.17) is 4.98 Å². The molecule has 0 amide bonds. The standard InChI is InChI=1S/C18H31N3S/c1-15-16(2)21(17-9-5-3-6-10-17)18(19-15)22-14-13-20-11-7-4-8-12-20/h17H,3-14H2,1-2H3. The van der Waals surface area contributed by atoms with Gasteiger partial charge in [-0.25, -0.2) is 4.98 Å². The summed E-state index contributed by atoms with van der Waals surface area (Å²) >= 11 is 1.98. The fourth-order valence-corrected chi connectivity index (χ4v) is 5.07. The molecule has 0 aromatic carbocycles. The van der Waals surface area contributed by atoms with Crippen molar-refractivity contribution in [3.8, 4) is 0 Å². The Morgan fingerprint density at radius 2 is 1.68 bits per heavy atom. The lowest BCUT2D eigenvalue weighted by molar-refractivity contribution is 0.242. The van der Waals surface area contributed by atoms with Crippen molar-refractivity contribution in [2.24, 2.45) is 0 Å². The molecule has 1 aliphatic heterocycles. The molecule has 0 unspecified atom stereocenters. The molecule has 0 radical (unpaired) electrons. The third-order valence-electron chi connectivity index (χ3n) is 5.38. The average molecular weight is 322 g/mol. The van der Waals surface area contributed by atoms with Crippen LogP contribution >= 0.6 is 11.8 Å². The lowest BCUT2D eigenvalue weighted by atomic mass is 9.95. The van der Waals surface area contributed by atoms with E-state index in [0.29, 0.717) is 6.04 Å². The van der Waals surface area contributed by atoms with Crippen LogP contribution in [0, 0.1) is 13.8 Å². The number of hydrogen-bond acceptors (Lipinski definition) is 3. The van der Waals surface area contributed by atoms with Crippen molar-refractivity contribution in [2.75, 3.05) is 25.4 Å². The molecule has 0 spiro atoms. The van der Waals surface area contributed by atoms with Gasteiger partial charge >= 0.3 is 0 Å². The molecule has 1 aromatic heterocycles. The van der Waals surface area contributed by atoms with Gasteiger partial charge in [-0.15, -0.1) is 0 Å². The van der Waals surface area contributed by atoms with Crippen LogP contribution in [0.3, 0.4) is 0 Å². The highest BCUT2D eigenvalue weighted by atomic mass is 32.2. The minimum Gasteiger partial charge on any atom is -0.320 e. The Labute approximate surface area is 139 Å². The average Bonchev–Trinajstić information content (AvgIpc) is 2.84. The Morgan fingerprint density at radius 3 is 2.41 bits per heavy atom. The van der Waals surface area contributed by atoms with Crippen molar-refractivity contribution in [2.45, 2.75) is 76.4 Å². The quantitative estimate of drug-likeness (QED) is 0.741. The fraction of sp³-hybridized carbons (Fsp3) is 0.833. The molecule has 0 atom stereocenters. The van der Waals surface area contributed by atoms with Crippen LogP contribution in [0.15, 0.2) is 5.16 Å². The van der Waals surface area contributed by atoms with Gasteiger partial charge in [0, 0.05) is 24.0 Å². The monoisotopic (exact) mass is 321 g/mol. The predicted octanol–water partition coefficient (Wildman–Crippen LogP) is 4.58. The number of aryl methyl sites for hydroxylation is 1. The summed E-state index contributed by atoms with van der Waals surface area (Å²) in [5.74, 6) is 1.18. The number of likely N-dealkylation sites (tertiary alicyclic amines) is 1. The maximum atomic E-state index is 4.88. The van der Waals surface area contributed by atoms with Gasteiger partial charge in [0.2, 0.25) is 0 Å². The lowest BCUT2D eigenvalue weighted by Gasteiger charge is -2.27.